The van der Waals surface area contributed by atoms with E-state index in [1.165, 1.54) is 0 Å². The van der Waals surface area contributed by atoms with Gasteiger partial charge in [0.2, 0.25) is 0 Å². The second-order valence-electron chi connectivity index (χ2n) is 12.1. The first-order chi connectivity index (χ1) is 20.9. The molecule has 0 spiro atoms. The van der Waals surface area contributed by atoms with Gasteiger partial charge in [-0.1, -0.05) is 54.6 Å². The fourth-order valence-corrected chi connectivity index (χ4v) is 8.33. The number of fused-ring (bicyclic) bond motifs is 13. The Morgan fingerprint density at radius 1 is 0.953 bits per heavy atom. The predicted octanol–water partition coefficient (Wildman–Crippen LogP) is 5.91. The van der Waals surface area contributed by atoms with Crippen molar-refractivity contribution in [1.29, 1.82) is 0 Å². The minimum atomic E-state index is -0.980. The Balaban J connectivity index is 1.43. The normalized spacial score (nSPS) is 24.2. The zero-order valence-corrected chi connectivity index (χ0v) is 24.1. The second kappa shape index (κ2) is 8.46. The van der Waals surface area contributed by atoms with Crippen LogP contribution in [-0.4, -0.2) is 52.2 Å². The van der Waals surface area contributed by atoms with Gasteiger partial charge in [-0.15, -0.1) is 0 Å². The van der Waals surface area contributed by atoms with Crippen LogP contribution in [-0.2, 0) is 21.7 Å². The third-order valence-corrected chi connectivity index (χ3v) is 10.0. The van der Waals surface area contributed by atoms with Crippen LogP contribution in [0.2, 0.25) is 0 Å². The number of benzene rings is 4. The van der Waals surface area contributed by atoms with Crippen LogP contribution in [0.5, 0.6) is 0 Å². The Morgan fingerprint density at radius 3 is 2.37 bits per heavy atom. The zero-order valence-electron chi connectivity index (χ0n) is 24.1. The Kier molecular flexibility index (Phi) is 4.90. The maximum atomic E-state index is 13.9. The van der Waals surface area contributed by atoms with Crippen LogP contribution in [0.3, 0.4) is 0 Å². The van der Waals surface area contributed by atoms with Crippen molar-refractivity contribution < 1.29 is 19.1 Å². The fraction of sp³-hybridized carbons (Fsp3) is 0.257. The van der Waals surface area contributed by atoms with Gasteiger partial charge in [0.15, 0.2) is 5.72 Å². The quantitative estimate of drug-likeness (QED) is 0.287. The highest BCUT2D eigenvalue weighted by molar-refractivity contribution is 6.31. The van der Waals surface area contributed by atoms with Crippen molar-refractivity contribution in [3.63, 3.8) is 0 Å². The summed E-state index contributed by atoms with van der Waals surface area (Å²) in [7, 11) is 3.57. The molecule has 5 heterocycles. The Hall–Kier alpha value is -4.66. The van der Waals surface area contributed by atoms with E-state index in [1.807, 2.05) is 66.5 Å². The van der Waals surface area contributed by atoms with E-state index in [0.717, 1.165) is 54.7 Å². The minimum Gasteiger partial charge on any atom is -0.374 e. The molecular formula is C35H30N4O4. The van der Waals surface area contributed by atoms with Crippen LogP contribution >= 0.6 is 0 Å². The molecule has 0 saturated carbocycles. The molecule has 1 fully saturated rings. The lowest BCUT2D eigenvalue weighted by molar-refractivity contribution is -0.264. The lowest BCUT2D eigenvalue weighted by Crippen LogP contribution is -2.61. The van der Waals surface area contributed by atoms with Gasteiger partial charge in [-0.25, -0.2) is 0 Å². The number of carbonyl (C=O) groups excluding carboxylic acids is 2. The number of carbonyl (C=O) groups is 2. The number of ether oxygens (including phenoxy) is 2. The summed E-state index contributed by atoms with van der Waals surface area (Å²) in [4.78, 5) is 29.2. The molecule has 3 aliphatic heterocycles. The first-order valence-corrected chi connectivity index (χ1v) is 14.8. The number of hydrogen-bond acceptors (Lipinski definition) is 4. The van der Waals surface area contributed by atoms with Crippen LogP contribution in [0.25, 0.3) is 43.6 Å². The number of likely N-dealkylation sites (N-methyl/N-ethyl adjacent to an activating group) is 1. The summed E-state index contributed by atoms with van der Waals surface area (Å²) in [6.45, 7) is 2.56. The van der Waals surface area contributed by atoms with Gasteiger partial charge < -0.3 is 28.8 Å². The lowest BCUT2D eigenvalue weighted by Gasteiger charge is -2.50. The maximum absolute atomic E-state index is 13.9. The first kappa shape index (κ1) is 24.9. The average Bonchev–Trinajstić information content (AvgIpc) is 3.68. The molecule has 8 heteroatoms. The molecule has 2 aromatic heterocycles. The Bertz CT molecular complexity index is 2180. The first-order valence-electron chi connectivity index (χ1n) is 14.8. The molecule has 43 heavy (non-hydrogen) atoms. The van der Waals surface area contributed by atoms with E-state index in [9.17, 15) is 9.59 Å². The highest BCUT2D eigenvalue weighted by atomic mass is 16.6. The summed E-state index contributed by atoms with van der Waals surface area (Å²) in [5.74, 6) is -0.107. The molecule has 0 radical (unpaired) electrons. The number of nitrogens with zero attached hydrogens (tertiary/aromatic N) is 3. The number of hydrogen-bond donors (Lipinski definition) is 1. The van der Waals surface area contributed by atoms with Crippen LogP contribution in [0, 0.1) is 0 Å². The summed E-state index contributed by atoms with van der Waals surface area (Å²) < 4.78 is 18.1. The highest BCUT2D eigenvalue weighted by Gasteiger charge is 2.55. The number of para-hydroxylation sites is 2. The van der Waals surface area contributed by atoms with Crippen molar-refractivity contribution in [2.45, 2.75) is 44.0 Å². The average molecular weight is 571 g/mol. The lowest BCUT2D eigenvalue weighted by atomic mass is 9.91. The van der Waals surface area contributed by atoms with Crippen LogP contribution in [0.4, 0.5) is 0 Å². The number of methoxy groups -OCH3 is 1. The van der Waals surface area contributed by atoms with Crippen molar-refractivity contribution in [2.75, 3.05) is 14.2 Å². The molecule has 2 bridgehead atoms. The molecule has 4 aromatic carbocycles. The zero-order chi connectivity index (χ0) is 29.2. The van der Waals surface area contributed by atoms with E-state index < -0.39 is 18.1 Å². The smallest absolute Gasteiger partial charge is 0.253 e. The molecule has 1 N–H and O–H groups in total. The topological polar surface area (TPSA) is 77.7 Å². The van der Waals surface area contributed by atoms with Gasteiger partial charge in [-0.3, -0.25) is 9.59 Å². The molecule has 1 saturated heterocycles. The minimum absolute atomic E-state index is 0.0446. The third-order valence-electron chi connectivity index (χ3n) is 10.0. The van der Waals surface area contributed by atoms with E-state index >= 15 is 0 Å². The monoisotopic (exact) mass is 570 g/mol. The molecule has 4 atom stereocenters. The molecule has 9 rings (SSSR count). The summed E-state index contributed by atoms with van der Waals surface area (Å²) in [5.41, 5.74) is 5.46. The fourth-order valence-electron chi connectivity index (χ4n) is 8.33. The third kappa shape index (κ3) is 2.97. The van der Waals surface area contributed by atoms with Crippen LogP contribution in [0.1, 0.15) is 45.9 Å². The molecule has 3 aliphatic rings. The Morgan fingerprint density at radius 2 is 1.63 bits per heavy atom. The van der Waals surface area contributed by atoms with Crippen LogP contribution in [0.15, 0.2) is 78.9 Å². The molecule has 6 aromatic rings. The summed E-state index contributed by atoms with van der Waals surface area (Å²) in [6.07, 6.45) is -0.386. The predicted molar refractivity (Wildman–Crippen MR) is 165 cm³/mol. The van der Waals surface area contributed by atoms with Crippen molar-refractivity contribution in [3.05, 3.63) is 95.6 Å². The molecule has 2 amide bonds. The maximum Gasteiger partial charge on any atom is 0.253 e. The number of nitrogens with one attached hydrogen (secondary N) is 1. The molecule has 0 aliphatic carbocycles. The van der Waals surface area contributed by atoms with E-state index in [1.54, 1.807) is 7.11 Å². The van der Waals surface area contributed by atoms with Gasteiger partial charge in [0, 0.05) is 54.2 Å². The van der Waals surface area contributed by atoms with Gasteiger partial charge in [0.05, 0.1) is 33.7 Å². The van der Waals surface area contributed by atoms with E-state index in [0.29, 0.717) is 18.5 Å². The molecular weight excluding hydrogens is 540 g/mol. The molecule has 214 valence electrons. The van der Waals surface area contributed by atoms with E-state index in [-0.39, 0.29) is 17.9 Å². The van der Waals surface area contributed by atoms with Crippen molar-refractivity contribution in [3.8, 4) is 0 Å². The largest absolute Gasteiger partial charge is 0.374 e. The number of rotatable bonds is 3. The van der Waals surface area contributed by atoms with Gasteiger partial charge in [-0.05, 0) is 36.8 Å². The van der Waals surface area contributed by atoms with Crippen molar-refractivity contribution in [1.82, 2.24) is 19.4 Å². The van der Waals surface area contributed by atoms with E-state index in [4.69, 9.17) is 9.47 Å². The SMILES string of the molecule is CO[C@@H]1[C@H](N(C)C(=O)c2ccccc2)C[C@@H]2O[C@]1(C)n1c3ccccc3c3c4c(c5c6ccccc6n2c5c31)C(=O)NC4. The summed E-state index contributed by atoms with van der Waals surface area (Å²) in [6, 6.07) is 25.7. The van der Waals surface area contributed by atoms with E-state index in [2.05, 4.69) is 45.6 Å². The van der Waals surface area contributed by atoms with Crippen molar-refractivity contribution >= 4 is 55.4 Å². The number of aromatic nitrogens is 2. The number of amides is 2. The second-order valence-corrected chi connectivity index (χ2v) is 12.1. The summed E-state index contributed by atoms with van der Waals surface area (Å²) >= 11 is 0. The Labute approximate surface area is 247 Å². The molecule has 0 unspecified atom stereocenters. The highest BCUT2D eigenvalue weighted by Crippen LogP contribution is 2.54. The molecule has 8 nitrogen and oxygen atoms in total. The van der Waals surface area contributed by atoms with Gasteiger partial charge >= 0.3 is 0 Å². The van der Waals surface area contributed by atoms with Gasteiger partial charge in [0.1, 0.15) is 12.3 Å². The standard InChI is InChI=1S/C35H30N4O4/c1-35-32(42-3)25(37(2)34(41)19-11-5-4-6-12-19)17-26(43-35)38-23-15-9-7-13-20(23)28-29-22(18-36-33(29)40)27-21-14-8-10-16-24(21)39(35)31(27)30(28)38/h4-16,25-26,32H,17-18H2,1-3H3,(H,36,40)/t25-,26+,32-,35+/m1/s1. The van der Waals surface area contributed by atoms with Gasteiger partial charge in [-0.2, -0.15) is 0 Å². The summed E-state index contributed by atoms with van der Waals surface area (Å²) in [5, 5.41) is 7.24. The van der Waals surface area contributed by atoms with Crippen molar-refractivity contribution in [2.24, 2.45) is 0 Å². The van der Waals surface area contributed by atoms with Crippen LogP contribution < -0.4 is 5.32 Å². The van der Waals surface area contributed by atoms with Gasteiger partial charge in [0.25, 0.3) is 11.8 Å².